The highest BCUT2D eigenvalue weighted by molar-refractivity contribution is 6.02. The normalized spacial score (nSPS) is 34.3. The number of hydrogen-bond donors (Lipinski definition) is 1. The second-order valence-electron chi connectivity index (χ2n) is 5.88. The molecule has 3 atom stereocenters. The number of rotatable bonds is 0. The van der Waals surface area contributed by atoms with Crippen molar-refractivity contribution in [2.45, 2.75) is 36.9 Å². The van der Waals surface area contributed by atoms with Crippen LogP contribution in [0.1, 0.15) is 35.4 Å². The summed E-state index contributed by atoms with van der Waals surface area (Å²) in [5, 5.41) is 20.4. The SMILES string of the molecule is C/N=C1/Cc2ccc(C#N)c3c2C2C(O3)C(=O)CCC12O. The van der Waals surface area contributed by atoms with Gasteiger partial charge in [-0.15, -0.1) is 0 Å². The Morgan fingerprint density at radius 2 is 2.33 bits per heavy atom. The van der Waals surface area contributed by atoms with Crippen molar-refractivity contribution < 1.29 is 14.6 Å². The highest BCUT2D eigenvalue weighted by Gasteiger charge is 2.59. The van der Waals surface area contributed by atoms with Crippen LogP contribution in [0.2, 0.25) is 0 Å². The van der Waals surface area contributed by atoms with E-state index in [1.54, 1.807) is 13.1 Å². The Hall–Kier alpha value is -2.19. The molecule has 1 aliphatic heterocycles. The van der Waals surface area contributed by atoms with E-state index in [2.05, 4.69) is 11.1 Å². The molecule has 4 rings (SSSR count). The van der Waals surface area contributed by atoms with E-state index in [0.717, 1.165) is 11.1 Å². The maximum absolute atomic E-state index is 12.2. The first-order valence-electron chi connectivity index (χ1n) is 7.04. The lowest BCUT2D eigenvalue weighted by Crippen LogP contribution is -2.56. The number of carbonyl (C=O) groups is 1. The highest BCUT2D eigenvalue weighted by atomic mass is 16.5. The van der Waals surface area contributed by atoms with Gasteiger partial charge in [0.1, 0.15) is 17.4 Å². The van der Waals surface area contributed by atoms with Gasteiger partial charge in [-0.1, -0.05) is 6.07 Å². The Labute approximate surface area is 121 Å². The fourth-order valence-corrected chi connectivity index (χ4v) is 3.98. The number of ketones is 1. The fraction of sp³-hybridized carbons (Fsp3) is 0.438. The van der Waals surface area contributed by atoms with Gasteiger partial charge in [-0.05, 0) is 18.1 Å². The third-order valence-electron chi connectivity index (χ3n) is 4.98. The molecule has 0 amide bonds. The van der Waals surface area contributed by atoms with Crippen molar-refractivity contribution in [3.8, 4) is 11.8 Å². The lowest BCUT2D eigenvalue weighted by atomic mass is 9.63. The van der Waals surface area contributed by atoms with Gasteiger partial charge in [0, 0.05) is 31.2 Å². The Morgan fingerprint density at radius 1 is 1.52 bits per heavy atom. The number of carbonyl (C=O) groups excluding carboxylic acids is 1. The van der Waals surface area contributed by atoms with Gasteiger partial charge >= 0.3 is 0 Å². The van der Waals surface area contributed by atoms with E-state index in [4.69, 9.17) is 4.74 Å². The van der Waals surface area contributed by atoms with Crippen LogP contribution in [0, 0.1) is 11.3 Å². The maximum atomic E-state index is 12.2. The summed E-state index contributed by atoms with van der Waals surface area (Å²) in [6, 6.07) is 5.71. The van der Waals surface area contributed by atoms with Gasteiger partial charge in [-0.2, -0.15) is 5.26 Å². The average molecular weight is 282 g/mol. The smallest absolute Gasteiger partial charge is 0.174 e. The minimum atomic E-state index is -1.13. The molecule has 1 saturated carbocycles. The summed E-state index contributed by atoms with van der Waals surface area (Å²) < 4.78 is 5.81. The van der Waals surface area contributed by atoms with Gasteiger partial charge in [-0.3, -0.25) is 9.79 Å². The van der Waals surface area contributed by atoms with Crippen molar-refractivity contribution in [2.24, 2.45) is 4.99 Å². The van der Waals surface area contributed by atoms with E-state index >= 15 is 0 Å². The quantitative estimate of drug-likeness (QED) is 0.773. The predicted octanol–water partition coefficient (Wildman–Crippen LogP) is 1.12. The molecule has 0 bridgehead atoms. The molecule has 0 radical (unpaired) electrons. The monoisotopic (exact) mass is 282 g/mol. The largest absolute Gasteiger partial charge is 0.480 e. The maximum Gasteiger partial charge on any atom is 0.174 e. The molecule has 2 aliphatic carbocycles. The molecule has 0 spiro atoms. The Balaban J connectivity index is 2.03. The van der Waals surface area contributed by atoms with E-state index in [1.807, 2.05) is 6.07 Å². The highest BCUT2D eigenvalue weighted by Crippen LogP contribution is 2.55. The van der Waals surface area contributed by atoms with Crippen molar-refractivity contribution >= 4 is 11.5 Å². The summed E-state index contributed by atoms with van der Waals surface area (Å²) >= 11 is 0. The first-order chi connectivity index (χ1) is 10.1. The lowest BCUT2D eigenvalue weighted by molar-refractivity contribution is -0.133. The zero-order chi connectivity index (χ0) is 14.8. The molecule has 21 heavy (non-hydrogen) atoms. The second kappa shape index (κ2) is 3.92. The minimum absolute atomic E-state index is 0.00642. The predicted molar refractivity (Wildman–Crippen MR) is 74.6 cm³/mol. The van der Waals surface area contributed by atoms with Gasteiger partial charge in [-0.25, -0.2) is 0 Å². The van der Waals surface area contributed by atoms with Gasteiger partial charge in [0.2, 0.25) is 0 Å². The van der Waals surface area contributed by atoms with Gasteiger partial charge < -0.3 is 9.84 Å². The number of nitrogens with zero attached hydrogens (tertiary/aromatic N) is 2. The van der Waals surface area contributed by atoms with E-state index in [1.165, 1.54) is 0 Å². The number of aliphatic imine (C=N–C) groups is 1. The molecule has 3 aliphatic rings. The molecule has 0 saturated heterocycles. The summed E-state index contributed by atoms with van der Waals surface area (Å²) in [4.78, 5) is 16.5. The van der Waals surface area contributed by atoms with Crippen LogP contribution in [-0.2, 0) is 11.2 Å². The summed E-state index contributed by atoms with van der Waals surface area (Å²) in [5.74, 6) is 0.0476. The number of nitriles is 1. The van der Waals surface area contributed by atoms with Crippen LogP contribution in [0.5, 0.6) is 5.75 Å². The fourth-order valence-electron chi connectivity index (χ4n) is 3.98. The van der Waals surface area contributed by atoms with Crippen LogP contribution in [0.25, 0.3) is 0 Å². The van der Waals surface area contributed by atoms with Crippen molar-refractivity contribution in [1.82, 2.24) is 0 Å². The summed E-state index contributed by atoms with van der Waals surface area (Å²) in [5.41, 5.74) is 1.84. The van der Waals surface area contributed by atoms with Crippen molar-refractivity contribution in [2.75, 3.05) is 7.05 Å². The zero-order valence-corrected chi connectivity index (χ0v) is 11.6. The first kappa shape index (κ1) is 12.5. The Bertz CT molecular complexity index is 747. The third-order valence-corrected chi connectivity index (χ3v) is 4.98. The van der Waals surface area contributed by atoms with Crippen LogP contribution in [0.4, 0.5) is 0 Å². The van der Waals surface area contributed by atoms with Crippen LogP contribution in [0.15, 0.2) is 17.1 Å². The molecule has 5 heteroatoms. The summed E-state index contributed by atoms with van der Waals surface area (Å²) in [6.45, 7) is 0. The summed E-state index contributed by atoms with van der Waals surface area (Å²) in [6.07, 6.45) is 0.506. The molecule has 5 nitrogen and oxygen atoms in total. The Morgan fingerprint density at radius 3 is 3.05 bits per heavy atom. The number of benzene rings is 1. The number of hydrogen-bond acceptors (Lipinski definition) is 5. The zero-order valence-electron chi connectivity index (χ0n) is 11.6. The Kier molecular flexibility index (Phi) is 2.34. The van der Waals surface area contributed by atoms with Crippen molar-refractivity contribution in [3.63, 3.8) is 0 Å². The average Bonchev–Trinajstić information content (AvgIpc) is 2.91. The molecule has 0 aromatic heterocycles. The van der Waals surface area contributed by atoms with Crippen LogP contribution in [0.3, 0.4) is 0 Å². The molecule has 1 aromatic carbocycles. The van der Waals surface area contributed by atoms with Gasteiger partial charge in [0.05, 0.1) is 11.5 Å². The van der Waals surface area contributed by atoms with E-state index in [9.17, 15) is 15.2 Å². The van der Waals surface area contributed by atoms with Crippen LogP contribution >= 0.6 is 0 Å². The molecule has 3 unspecified atom stereocenters. The molecule has 1 aromatic rings. The first-order valence-corrected chi connectivity index (χ1v) is 7.04. The van der Waals surface area contributed by atoms with Gasteiger partial charge in [0.15, 0.2) is 11.9 Å². The molecular formula is C16H14N2O3. The topological polar surface area (TPSA) is 82.7 Å². The molecule has 1 heterocycles. The number of ether oxygens (including phenoxy) is 1. The summed E-state index contributed by atoms with van der Waals surface area (Å²) in [7, 11) is 1.67. The van der Waals surface area contributed by atoms with E-state index < -0.39 is 17.6 Å². The minimum Gasteiger partial charge on any atom is -0.480 e. The van der Waals surface area contributed by atoms with Crippen LogP contribution in [-0.4, -0.2) is 35.4 Å². The molecule has 106 valence electrons. The standard InChI is InChI=1S/C16H14N2O3/c1-18-11-6-8-2-3-9(7-17)14-12(8)13-15(21-14)10(19)4-5-16(11,13)20/h2-3,13,15,20H,4-6H2,1H3/b18-11-. The molecule has 1 N–H and O–H groups in total. The number of Topliss-reactive ketones (excluding diaryl/α,β-unsaturated/α-hetero) is 1. The third kappa shape index (κ3) is 1.38. The van der Waals surface area contributed by atoms with Crippen LogP contribution < -0.4 is 4.74 Å². The number of aliphatic hydroxyl groups is 1. The van der Waals surface area contributed by atoms with E-state index in [-0.39, 0.29) is 12.2 Å². The van der Waals surface area contributed by atoms with Gasteiger partial charge in [0.25, 0.3) is 0 Å². The lowest BCUT2D eigenvalue weighted by Gasteiger charge is -2.43. The van der Waals surface area contributed by atoms with Crippen molar-refractivity contribution in [3.05, 3.63) is 28.8 Å². The molecular weight excluding hydrogens is 268 g/mol. The van der Waals surface area contributed by atoms with Crippen molar-refractivity contribution in [1.29, 1.82) is 5.26 Å². The van der Waals surface area contributed by atoms with E-state index in [0.29, 0.717) is 29.9 Å². The molecule has 1 fully saturated rings. The second-order valence-corrected chi connectivity index (χ2v) is 5.88.